The number of nitrogens with zero attached hydrogens (tertiary/aromatic N) is 2. The van der Waals surface area contributed by atoms with Crippen LogP contribution in [-0.4, -0.2) is 45.7 Å². The molecule has 0 spiro atoms. The number of hydrogen-bond donors (Lipinski definition) is 0. The normalized spacial score (nSPS) is 10.3. The Bertz CT molecular complexity index is 643. The summed E-state index contributed by atoms with van der Waals surface area (Å²) in [6, 6.07) is 6.12. The summed E-state index contributed by atoms with van der Waals surface area (Å²) in [5, 5.41) is 0.657. The third kappa shape index (κ3) is 3.96. The first-order chi connectivity index (χ1) is 9.17. The quantitative estimate of drug-likeness (QED) is 0.577. The average molecular weight is 396 g/mol. The predicted molar refractivity (Wildman–Crippen MR) is 91.9 cm³/mol. The van der Waals surface area contributed by atoms with Crippen LogP contribution in [-0.2, 0) is 6.54 Å². The van der Waals surface area contributed by atoms with Crippen molar-refractivity contribution in [3.63, 3.8) is 0 Å². The van der Waals surface area contributed by atoms with Gasteiger partial charge >= 0.3 is 29.6 Å². The molecule has 0 amide bonds. The molecule has 2 rings (SSSR count). The summed E-state index contributed by atoms with van der Waals surface area (Å²) >= 11 is 2.20. The predicted octanol–water partition coefficient (Wildman–Crippen LogP) is 2.55. The molecular formula is C14H18IN2NaO2. The number of fused-ring (bicyclic) bond motifs is 1. The first-order valence-electron chi connectivity index (χ1n) is 6.50. The van der Waals surface area contributed by atoms with Gasteiger partial charge in [-0.2, -0.15) is 4.98 Å². The molecule has 0 atom stereocenters. The zero-order valence-corrected chi connectivity index (χ0v) is 13.3. The number of halogens is 1. The van der Waals surface area contributed by atoms with Gasteiger partial charge in [-0.3, -0.25) is 9.36 Å². The molecule has 0 bridgehead atoms. The minimum absolute atomic E-state index is 0. The monoisotopic (exact) mass is 396 g/mol. The molecule has 1 aromatic heterocycles. The van der Waals surface area contributed by atoms with E-state index in [1.54, 1.807) is 4.57 Å². The van der Waals surface area contributed by atoms with E-state index in [4.69, 9.17) is 4.74 Å². The summed E-state index contributed by atoms with van der Waals surface area (Å²) in [5.41, 5.74) is 0.681. The Balaban J connectivity index is 0.00000200. The van der Waals surface area contributed by atoms with Crippen molar-refractivity contribution in [1.29, 1.82) is 0 Å². The van der Waals surface area contributed by atoms with Crippen LogP contribution < -0.4 is 10.3 Å². The fraction of sp³-hybridized carbons (Fsp3) is 0.429. The third-order valence-corrected chi connectivity index (χ3v) is 3.43. The molecule has 0 unspecified atom stereocenters. The fourth-order valence-corrected chi connectivity index (χ4v) is 2.39. The van der Waals surface area contributed by atoms with Crippen LogP contribution >= 0.6 is 22.6 Å². The Morgan fingerprint density at radius 1 is 1.30 bits per heavy atom. The van der Waals surface area contributed by atoms with E-state index in [2.05, 4.69) is 27.6 Å². The second-order valence-electron chi connectivity index (χ2n) is 4.36. The molecule has 0 radical (unpaired) electrons. The average Bonchev–Trinajstić information content (AvgIpc) is 2.41. The molecule has 0 aliphatic rings. The summed E-state index contributed by atoms with van der Waals surface area (Å²) in [6.45, 7) is 5.28. The van der Waals surface area contributed by atoms with Crippen LogP contribution in [0.1, 0.15) is 26.7 Å². The Morgan fingerprint density at radius 3 is 2.70 bits per heavy atom. The number of ether oxygens (including phenoxy) is 1. The molecular weight excluding hydrogens is 378 g/mol. The first-order valence-corrected chi connectivity index (χ1v) is 7.58. The zero-order chi connectivity index (χ0) is 13.8. The van der Waals surface area contributed by atoms with Gasteiger partial charge in [0.2, 0.25) is 0 Å². The van der Waals surface area contributed by atoms with Gasteiger partial charge in [0.15, 0.2) is 0 Å². The van der Waals surface area contributed by atoms with Crippen LogP contribution in [0.5, 0.6) is 6.01 Å². The van der Waals surface area contributed by atoms with Crippen molar-refractivity contribution in [2.24, 2.45) is 0 Å². The molecule has 0 aliphatic carbocycles. The van der Waals surface area contributed by atoms with E-state index in [0.29, 0.717) is 30.1 Å². The Morgan fingerprint density at radius 2 is 2.05 bits per heavy atom. The van der Waals surface area contributed by atoms with Gasteiger partial charge in [0.25, 0.3) is 11.6 Å². The van der Waals surface area contributed by atoms with Gasteiger partial charge in [-0.25, -0.2) is 0 Å². The van der Waals surface area contributed by atoms with Crippen LogP contribution in [0.15, 0.2) is 23.0 Å². The van der Waals surface area contributed by atoms with Gasteiger partial charge in [-0.05, 0) is 53.6 Å². The van der Waals surface area contributed by atoms with Gasteiger partial charge in [-0.15, -0.1) is 0 Å². The van der Waals surface area contributed by atoms with Gasteiger partial charge in [0.1, 0.15) is 0 Å². The SMILES string of the molecule is CCCOc1nc2ccc(I)cc2c(=O)n1CCC.[NaH]. The van der Waals surface area contributed by atoms with Crippen molar-refractivity contribution in [1.82, 2.24) is 9.55 Å². The summed E-state index contributed by atoms with van der Waals surface area (Å²) in [7, 11) is 0. The summed E-state index contributed by atoms with van der Waals surface area (Å²) in [5.74, 6) is 0. The fourth-order valence-electron chi connectivity index (χ4n) is 1.90. The van der Waals surface area contributed by atoms with E-state index in [0.717, 1.165) is 16.4 Å². The molecule has 2 aromatic rings. The second-order valence-corrected chi connectivity index (χ2v) is 5.61. The molecule has 6 heteroatoms. The first kappa shape index (κ1) is 17.9. The number of rotatable bonds is 5. The molecule has 0 saturated heterocycles. The summed E-state index contributed by atoms with van der Waals surface area (Å²) < 4.78 is 8.28. The van der Waals surface area contributed by atoms with E-state index in [9.17, 15) is 4.79 Å². The molecule has 104 valence electrons. The molecule has 20 heavy (non-hydrogen) atoms. The van der Waals surface area contributed by atoms with E-state index in [1.165, 1.54) is 0 Å². The molecule has 0 fully saturated rings. The van der Waals surface area contributed by atoms with Crippen molar-refractivity contribution < 1.29 is 4.74 Å². The molecule has 0 saturated carbocycles. The van der Waals surface area contributed by atoms with Crippen LogP contribution in [0.3, 0.4) is 0 Å². The molecule has 1 heterocycles. The van der Waals surface area contributed by atoms with E-state index in [-0.39, 0.29) is 35.1 Å². The summed E-state index contributed by atoms with van der Waals surface area (Å²) in [4.78, 5) is 17.0. The molecule has 1 aromatic carbocycles. The van der Waals surface area contributed by atoms with E-state index < -0.39 is 0 Å². The molecule has 0 aliphatic heterocycles. The van der Waals surface area contributed by atoms with E-state index >= 15 is 0 Å². The minimum atomic E-state index is -0.0172. The van der Waals surface area contributed by atoms with Crippen molar-refractivity contribution in [3.8, 4) is 6.01 Å². The van der Waals surface area contributed by atoms with Gasteiger partial charge in [0.05, 0.1) is 17.5 Å². The molecule has 4 nitrogen and oxygen atoms in total. The van der Waals surface area contributed by atoms with Gasteiger partial charge in [0, 0.05) is 10.1 Å². The van der Waals surface area contributed by atoms with Crippen molar-refractivity contribution >= 4 is 63.1 Å². The molecule has 0 N–H and O–H groups in total. The third-order valence-electron chi connectivity index (χ3n) is 2.76. The maximum atomic E-state index is 12.5. The number of aromatic nitrogens is 2. The second kappa shape index (κ2) is 8.36. The number of hydrogen-bond acceptors (Lipinski definition) is 3. The van der Waals surface area contributed by atoms with E-state index in [1.807, 2.05) is 32.0 Å². The Kier molecular flexibility index (Phi) is 7.50. The summed E-state index contributed by atoms with van der Waals surface area (Å²) in [6.07, 6.45) is 1.77. The Labute approximate surface area is 154 Å². The van der Waals surface area contributed by atoms with Gasteiger partial charge in [-0.1, -0.05) is 13.8 Å². The van der Waals surface area contributed by atoms with Crippen LogP contribution in [0.2, 0.25) is 0 Å². The van der Waals surface area contributed by atoms with Gasteiger partial charge < -0.3 is 4.74 Å². The van der Waals surface area contributed by atoms with Crippen LogP contribution in [0.4, 0.5) is 0 Å². The van der Waals surface area contributed by atoms with Crippen molar-refractivity contribution in [2.45, 2.75) is 33.2 Å². The Hall–Kier alpha value is -0.110. The topological polar surface area (TPSA) is 44.1 Å². The maximum absolute atomic E-state index is 12.5. The van der Waals surface area contributed by atoms with Crippen LogP contribution in [0, 0.1) is 3.57 Å². The van der Waals surface area contributed by atoms with Crippen molar-refractivity contribution in [3.05, 3.63) is 32.1 Å². The zero-order valence-electron chi connectivity index (χ0n) is 11.1. The van der Waals surface area contributed by atoms with Crippen molar-refractivity contribution in [2.75, 3.05) is 6.61 Å². The standard InChI is InChI=1S/C14H17IN2O2.Na.H/c1-3-7-17-13(18)11-9-10(15)5-6-12(11)16-14(17)19-8-4-2;;/h5-6,9H,3-4,7-8H2,1-2H3;;. The van der Waals surface area contributed by atoms with Crippen LogP contribution in [0.25, 0.3) is 10.9 Å². The number of benzene rings is 1.